The lowest BCUT2D eigenvalue weighted by Crippen LogP contribution is -2.29. The van der Waals surface area contributed by atoms with Gasteiger partial charge in [0.2, 0.25) is 0 Å². The van der Waals surface area contributed by atoms with Crippen molar-refractivity contribution >= 4 is 46.3 Å². The number of aryl methyl sites for hydroxylation is 3. The number of rotatable bonds is 4. The number of nitrogens with zero attached hydrogens (tertiary/aromatic N) is 1. The highest BCUT2D eigenvalue weighted by molar-refractivity contribution is 6.52. The Morgan fingerprint density at radius 1 is 0.941 bits per heavy atom. The van der Waals surface area contributed by atoms with Crippen molar-refractivity contribution in [1.82, 2.24) is 0 Å². The molecule has 0 saturated carbocycles. The van der Waals surface area contributed by atoms with E-state index in [9.17, 15) is 14.7 Å². The lowest BCUT2D eigenvalue weighted by atomic mass is 9.93. The quantitative estimate of drug-likeness (QED) is 0.253. The van der Waals surface area contributed by atoms with E-state index in [0.717, 1.165) is 11.1 Å². The maximum atomic E-state index is 13.4. The molecule has 1 unspecified atom stereocenters. The van der Waals surface area contributed by atoms with Gasteiger partial charge in [-0.15, -0.1) is 0 Å². The first-order valence-electron chi connectivity index (χ1n) is 10.6. The summed E-state index contributed by atoms with van der Waals surface area (Å²) >= 11 is 12.4. The molecule has 5 nitrogen and oxygen atoms in total. The molecule has 0 radical (unpaired) electrons. The van der Waals surface area contributed by atoms with E-state index in [1.165, 1.54) is 4.90 Å². The monoisotopic (exact) mass is 495 g/mol. The molecule has 34 heavy (non-hydrogen) atoms. The van der Waals surface area contributed by atoms with Gasteiger partial charge in [0.25, 0.3) is 11.7 Å². The molecule has 1 aliphatic rings. The summed E-state index contributed by atoms with van der Waals surface area (Å²) in [7, 11) is 1.57. The van der Waals surface area contributed by atoms with Crippen molar-refractivity contribution in [3.63, 3.8) is 0 Å². The van der Waals surface area contributed by atoms with Gasteiger partial charge in [0, 0.05) is 11.3 Å². The van der Waals surface area contributed by atoms with Crippen LogP contribution in [0, 0.1) is 20.8 Å². The maximum absolute atomic E-state index is 13.4. The van der Waals surface area contributed by atoms with Crippen LogP contribution in [0.15, 0.2) is 60.2 Å². The van der Waals surface area contributed by atoms with Gasteiger partial charge in [-0.05, 0) is 79.4 Å². The van der Waals surface area contributed by atoms with Gasteiger partial charge in [0.15, 0.2) is 0 Å². The Morgan fingerprint density at radius 3 is 2.32 bits per heavy atom. The third-order valence-electron chi connectivity index (χ3n) is 5.98. The number of anilines is 1. The van der Waals surface area contributed by atoms with Crippen LogP contribution in [0.2, 0.25) is 10.0 Å². The molecule has 1 amide bonds. The van der Waals surface area contributed by atoms with Crippen molar-refractivity contribution in [2.24, 2.45) is 0 Å². The predicted octanol–water partition coefficient (Wildman–Crippen LogP) is 6.55. The number of benzene rings is 3. The van der Waals surface area contributed by atoms with Crippen molar-refractivity contribution in [3.8, 4) is 5.75 Å². The average Bonchev–Trinajstić information content (AvgIpc) is 3.07. The highest BCUT2D eigenvalue weighted by atomic mass is 35.5. The van der Waals surface area contributed by atoms with Crippen LogP contribution in [-0.2, 0) is 9.59 Å². The van der Waals surface area contributed by atoms with Gasteiger partial charge in [-0.2, -0.15) is 0 Å². The van der Waals surface area contributed by atoms with Crippen molar-refractivity contribution in [2.75, 3.05) is 12.0 Å². The zero-order chi connectivity index (χ0) is 24.7. The topological polar surface area (TPSA) is 66.8 Å². The molecule has 0 bridgehead atoms. The molecule has 0 aromatic heterocycles. The van der Waals surface area contributed by atoms with Crippen LogP contribution in [0.25, 0.3) is 5.76 Å². The summed E-state index contributed by atoms with van der Waals surface area (Å²) in [6, 6.07) is 14.9. The highest BCUT2D eigenvalue weighted by Crippen LogP contribution is 2.44. The zero-order valence-corrected chi connectivity index (χ0v) is 20.7. The molecule has 0 spiro atoms. The fourth-order valence-electron chi connectivity index (χ4n) is 4.28. The van der Waals surface area contributed by atoms with Crippen molar-refractivity contribution in [2.45, 2.75) is 26.8 Å². The molecular weight excluding hydrogens is 473 g/mol. The number of halogens is 2. The highest BCUT2D eigenvalue weighted by Gasteiger charge is 2.47. The van der Waals surface area contributed by atoms with Gasteiger partial charge < -0.3 is 9.84 Å². The summed E-state index contributed by atoms with van der Waals surface area (Å²) in [4.78, 5) is 28.0. The first kappa shape index (κ1) is 23.9. The molecule has 174 valence electrons. The second-order valence-electron chi connectivity index (χ2n) is 8.32. The van der Waals surface area contributed by atoms with E-state index in [0.29, 0.717) is 33.1 Å². The van der Waals surface area contributed by atoms with Gasteiger partial charge >= 0.3 is 0 Å². The Kier molecular flexibility index (Phi) is 6.43. The summed E-state index contributed by atoms with van der Waals surface area (Å²) in [6.07, 6.45) is 0. The summed E-state index contributed by atoms with van der Waals surface area (Å²) in [5.41, 5.74) is 3.94. The van der Waals surface area contributed by atoms with Crippen LogP contribution in [0.5, 0.6) is 5.75 Å². The van der Waals surface area contributed by atoms with E-state index < -0.39 is 17.7 Å². The first-order valence-corrected chi connectivity index (χ1v) is 11.4. The van der Waals surface area contributed by atoms with Crippen LogP contribution in [0.1, 0.15) is 33.9 Å². The predicted molar refractivity (Wildman–Crippen MR) is 135 cm³/mol. The summed E-state index contributed by atoms with van der Waals surface area (Å²) in [6.45, 7) is 5.55. The van der Waals surface area contributed by atoms with E-state index in [4.69, 9.17) is 27.9 Å². The van der Waals surface area contributed by atoms with E-state index in [-0.39, 0.29) is 16.4 Å². The van der Waals surface area contributed by atoms with Gasteiger partial charge in [0.05, 0.1) is 28.8 Å². The SMILES string of the molecule is COc1cc(C)c(/C(O)=C2\C(=O)C(=O)N(c3cccc(C)c3)C2c2ccc(Cl)c(Cl)c2)cc1C. The van der Waals surface area contributed by atoms with Gasteiger partial charge in [0.1, 0.15) is 11.5 Å². The Hall–Kier alpha value is -3.28. The number of Topliss-reactive ketones (excluding diaryl/α,β-unsaturated/α-hetero) is 1. The molecule has 7 heteroatoms. The molecule has 4 rings (SSSR count). The standard InChI is InChI=1S/C27H23Cl2NO4/c1-14-6-5-7-18(10-14)30-24(17-8-9-20(28)21(29)13-17)23(26(32)27(30)33)25(31)19-11-16(3)22(34-4)12-15(19)2/h5-13,24,31H,1-4H3/b25-23+. The number of carbonyl (C=O) groups excluding carboxylic acids is 2. The number of carbonyl (C=O) groups is 2. The second-order valence-corrected chi connectivity index (χ2v) is 9.13. The Bertz CT molecular complexity index is 1360. The number of hydrogen-bond donors (Lipinski definition) is 1. The van der Waals surface area contributed by atoms with Gasteiger partial charge in [-0.3, -0.25) is 14.5 Å². The Morgan fingerprint density at radius 2 is 1.68 bits per heavy atom. The lowest BCUT2D eigenvalue weighted by molar-refractivity contribution is -0.132. The number of ketones is 1. The second kappa shape index (κ2) is 9.16. The van der Waals surface area contributed by atoms with E-state index >= 15 is 0 Å². The normalized spacial score (nSPS) is 17.4. The number of hydrogen-bond acceptors (Lipinski definition) is 4. The Balaban J connectivity index is 2.00. The van der Waals surface area contributed by atoms with Gasteiger partial charge in [-0.1, -0.05) is 41.4 Å². The molecule has 1 fully saturated rings. The summed E-state index contributed by atoms with van der Waals surface area (Å²) in [5.74, 6) is -1.10. The van der Waals surface area contributed by atoms with Crippen molar-refractivity contribution < 1.29 is 19.4 Å². The van der Waals surface area contributed by atoms with Crippen molar-refractivity contribution in [3.05, 3.63) is 98.0 Å². The van der Waals surface area contributed by atoms with E-state index in [1.54, 1.807) is 43.5 Å². The minimum absolute atomic E-state index is 0.0161. The molecule has 3 aromatic rings. The van der Waals surface area contributed by atoms with Crippen LogP contribution >= 0.6 is 23.2 Å². The van der Waals surface area contributed by atoms with E-state index in [2.05, 4.69) is 0 Å². The number of methoxy groups -OCH3 is 1. The minimum Gasteiger partial charge on any atom is -0.507 e. The molecule has 0 aliphatic carbocycles. The number of ether oxygens (including phenoxy) is 1. The van der Waals surface area contributed by atoms with Crippen molar-refractivity contribution in [1.29, 1.82) is 0 Å². The van der Waals surface area contributed by atoms with Crippen LogP contribution in [0.3, 0.4) is 0 Å². The first-order chi connectivity index (χ1) is 16.1. The molecule has 1 atom stereocenters. The number of aliphatic hydroxyl groups excluding tert-OH is 1. The maximum Gasteiger partial charge on any atom is 0.300 e. The minimum atomic E-state index is -0.890. The molecular formula is C27H23Cl2NO4. The van der Waals surface area contributed by atoms with Crippen LogP contribution in [0.4, 0.5) is 5.69 Å². The molecule has 1 heterocycles. The zero-order valence-electron chi connectivity index (χ0n) is 19.1. The summed E-state index contributed by atoms with van der Waals surface area (Å²) < 4.78 is 5.37. The largest absolute Gasteiger partial charge is 0.507 e. The molecule has 3 aromatic carbocycles. The smallest absolute Gasteiger partial charge is 0.300 e. The Labute approximate surface area is 208 Å². The third-order valence-corrected chi connectivity index (χ3v) is 6.72. The molecule has 1 saturated heterocycles. The molecule has 1 aliphatic heterocycles. The summed E-state index contributed by atoms with van der Waals surface area (Å²) in [5, 5.41) is 12.1. The van der Waals surface area contributed by atoms with Crippen LogP contribution < -0.4 is 9.64 Å². The number of aliphatic hydroxyl groups is 1. The molecule has 1 N–H and O–H groups in total. The van der Waals surface area contributed by atoms with Crippen LogP contribution in [-0.4, -0.2) is 23.9 Å². The fraction of sp³-hybridized carbons (Fsp3) is 0.185. The lowest BCUT2D eigenvalue weighted by Gasteiger charge is -2.26. The van der Waals surface area contributed by atoms with Gasteiger partial charge in [-0.25, -0.2) is 0 Å². The fourth-order valence-corrected chi connectivity index (χ4v) is 4.59. The third kappa shape index (κ3) is 4.06. The van der Waals surface area contributed by atoms with E-state index in [1.807, 2.05) is 39.0 Å². The number of amides is 1. The average molecular weight is 496 g/mol.